The molecule has 1 N–H and O–H groups in total. The fourth-order valence-corrected chi connectivity index (χ4v) is 5.42. The summed E-state index contributed by atoms with van der Waals surface area (Å²) in [5.41, 5.74) is 2.76. The van der Waals surface area contributed by atoms with Crippen LogP contribution >= 0.6 is 11.3 Å². The fourth-order valence-electron chi connectivity index (χ4n) is 3.21. The number of para-hydroxylation sites is 1. The van der Waals surface area contributed by atoms with Crippen molar-refractivity contribution in [2.45, 2.75) is 20.0 Å². The molecule has 0 fully saturated rings. The first-order chi connectivity index (χ1) is 14.0. The number of fused-ring (bicyclic) bond motifs is 1. The van der Waals surface area contributed by atoms with E-state index in [1.165, 1.54) is 10.5 Å². The van der Waals surface area contributed by atoms with Crippen molar-refractivity contribution in [3.8, 4) is 0 Å². The zero-order chi connectivity index (χ0) is 20.4. The number of Topliss-reactive ketones (excluding diaryl/α,β-unsaturated/α-hetero) is 1. The van der Waals surface area contributed by atoms with Crippen LogP contribution in [-0.2, 0) is 23.1 Å². The van der Waals surface area contributed by atoms with E-state index in [0.717, 1.165) is 16.0 Å². The smallest absolute Gasteiger partial charge is 0.270 e. The summed E-state index contributed by atoms with van der Waals surface area (Å²) in [5, 5.41) is 4.94. The number of carbonyl (C=O) groups excluding carboxylic acids is 1. The SMILES string of the molecule is Cc1ccc(CN2c3ccccc3C(=O)/C(=C/NCc3cccs3)S2(=O)=O)cc1. The van der Waals surface area contributed by atoms with Crippen LogP contribution in [0.1, 0.15) is 26.4 Å². The topological polar surface area (TPSA) is 66.5 Å². The first kappa shape index (κ1) is 19.4. The van der Waals surface area contributed by atoms with Gasteiger partial charge in [-0.2, -0.15) is 0 Å². The van der Waals surface area contributed by atoms with Gasteiger partial charge in [0.1, 0.15) is 0 Å². The summed E-state index contributed by atoms with van der Waals surface area (Å²) in [6.45, 7) is 2.61. The molecular formula is C22H20N2O3S2. The maximum atomic E-state index is 13.3. The number of thiophene rings is 1. The third-order valence-corrected chi connectivity index (χ3v) is 7.39. The molecule has 0 spiro atoms. The predicted molar refractivity (Wildman–Crippen MR) is 116 cm³/mol. The molecule has 29 heavy (non-hydrogen) atoms. The molecule has 148 valence electrons. The number of allylic oxidation sites excluding steroid dienone is 1. The molecule has 0 amide bonds. The zero-order valence-corrected chi connectivity index (χ0v) is 17.5. The summed E-state index contributed by atoms with van der Waals surface area (Å²) in [5.74, 6) is -0.487. The lowest BCUT2D eigenvalue weighted by Gasteiger charge is -2.31. The molecule has 5 nitrogen and oxygen atoms in total. The molecule has 0 bridgehead atoms. The molecule has 1 aliphatic heterocycles. The highest BCUT2D eigenvalue weighted by molar-refractivity contribution is 7.97. The number of benzene rings is 2. The van der Waals surface area contributed by atoms with Crippen molar-refractivity contribution in [3.63, 3.8) is 0 Å². The standard InChI is InChI=1S/C22H20N2O3S2/c1-16-8-10-17(11-9-16)15-24-20-7-3-2-6-19(20)22(25)21(29(24,26)27)14-23-13-18-5-4-12-28-18/h2-12,14,23H,13,15H2,1H3/b21-14-. The average Bonchev–Trinajstić information content (AvgIpc) is 3.23. The molecule has 0 unspecified atom stereocenters. The second-order valence-electron chi connectivity index (χ2n) is 6.81. The monoisotopic (exact) mass is 424 g/mol. The van der Waals surface area contributed by atoms with E-state index < -0.39 is 15.8 Å². The molecular weight excluding hydrogens is 404 g/mol. The van der Waals surface area contributed by atoms with Crippen LogP contribution in [0.3, 0.4) is 0 Å². The van der Waals surface area contributed by atoms with Crippen molar-refractivity contribution in [3.05, 3.63) is 98.7 Å². The number of anilines is 1. The van der Waals surface area contributed by atoms with E-state index in [1.54, 1.807) is 35.6 Å². The van der Waals surface area contributed by atoms with Gasteiger partial charge in [0.05, 0.1) is 12.2 Å². The van der Waals surface area contributed by atoms with Gasteiger partial charge in [-0.05, 0) is 36.1 Å². The molecule has 0 saturated heterocycles. The van der Waals surface area contributed by atoms with Crippen LogP contribution < -0.4 is 9.62 Å². The van der Waals surface area contributed by atoms with E-state index in [1.807, 2.05) is 48.7 Å². The number of carbonyl (C=O) groups is 1. The molecule has 3 aromatic rings. The Labute approximate surface area is 174 Å². The number of hydrogen-bond donors (Lipinski definition) is 1. The molecule has 0 aliphatic carbocycles. The highest BCUT2D eigenvalue weighted by atomic mass is 32.2. The molecule has 2 heterocycles. The lowest BCUT2D eigenvalue weighted by molar-refractivity contribution is 0.104. The molecule has 1 aliphatic rings. The Balaban J connectivity index is 1.72. The van der Waals surface area contributed by atoms with E-state index >= 15 is 0 Å². The van der Waals surface area contributed by atoms with Gasteiger partial charge >= 0.3 is 0 Å². The van der Waals surface area contributed by atoms with E-state index in [4.69, 9.17) is 0 Å². The number of aryl methyl sites for hydroxylation is 1. The van der Waals surface area contributed by atoms with Gasteiger partial charge < -0.3 is 5.32 Å². The largest absolute Gasteiger partial charge is 0.385 e. The summed E-state index contributed by atoms with van der Waals surface area (Å²) < 4.78 is 28.0. The van der Waals surface area contributed by atoms with Gasteiger partial charge in [0, 0.05) is 23.2 Å². The normalized spacial score (nSPS) is 16.7. The Morgan fingerprint density at radius 2 is 1.79 bits per heavy atom. The van der Waals surface area contributed by atoms with Crippen LogP contribution in [-0.4, -0.2) is 14.2 Å². The van der Waals surface area contributed by atoms with Gasteiger partial charge in [0.15, 0.2) is 4.91 Å². The van der Waals surface area contributed by atoms with Crippen molar-refractivity contribution in [1.82, 2.24) is 5.32 Å². The number of sulfonamides is 1. The summed E-state index contributed by atoms with van der Waals surface area (Å²) in [4.78, 5) is 13.8. The van der Waals surface area contributed by atoms with Crippen molar-refractivity contribution in [1.29, 1.82) is 0 Å². The van der Waals surface area contributed by atoms with Gasteiger partial charge in [0.2, 0.25) is 5.78 Å². The van der Waals surface area contributed by atoms with Crippen molar-refractivity contribution >= 4 is 32.8 Å². The second-order valence-corrected chi connectivity index (χ2v) is 9.68. The van der Waals surface area contributed by atoms with Crippen LogP contribution in [0.25, 0.3) is 0 Å². The Hall–Kier alpha value is -2.90. The van der Waals surface area contributed by atoms with E-state index in [9.17, 15) is 13.2 Å². The minimum atomic E-state index is -3.99. The predicted octanol–water partition coefficient (Wildman–Crippen LogP) is 4.22. The molecule has 0 atom stereocenters. The summed E-state index contributed by atoms with van der Waals surface area (Å²) in [6.07, 6.45) is 1.33. The minimum absolute atomic E-state index is 0.162. The van der Waals surface area contributed by atoms with E-state index in [2.05, 4.69) is 5.32 Å². The van der Waals surface area contributed by atoms with Crippen molar-refractivity contribution in [2.75, 3.05) is 4.31 Å². The number of ketones is 1. The lowest BCUT2D eigenvalue weighted by atomic mass is 10.1. The van der Waals surface area contributed by atoms with Crippen molar-refractivity contribution in [2.24, 2.45) is 0 Å². The molecule has 2 aromatic carbocycles. The van der Waals surface area contributed by atoms with E-state index in [0.29, 0.717) is 17.8 Å². The average molecular weight is 425 g/mol. The van der Waals surface area contributed by atoms with Gasteiger partial charge in [-0.3, -0.25) is 9.10 Å². The summed E-state index contributed by atoms with van der Waals surface area (Å²) >= 11 is 1.57. The molecule has 1 aromatic heterocycles. The number of hydrogen-bond acceptors (Lipinski definition) is 5. The van der Waals surface area contributed by atoms with Crippen LogP contribution in [0.15, 0.2) is 77.1 Å². The first-order valence-corrected chi connectivity index (χ1v) is 11.5. The molecule has 7 heteroatoms. The van der Waals surface area contributed by atoms with Crippen LogP contribution in [0.4, 0.5) is 5.69 Å². The highest BCUT2D eigenvalue weighted by Crippen LogP contribution is 2.36. The summed E-state index contributed by atoms with van der Waals surface area (Å²) in [6, 6.07) is 18.4. The van der Waals surface area contributed by atoms with Crippen LogP contribution in [0.2, 0.25) is 0 Å². The number of rotatable bonds is 5. The molecule has 0 saturated carbocycles. The van der Waals surface area contributed by atoms with Crippen molar-refractivity contribution < 1.29 is 13.2 Å². The minimum Gasteiger partial charge on any atom is -0.385 e. The fraction of sp³-hybridized carbons (Fsp3) is 0.136. The van der Waals surface area contributed by atoms with E-state index in [-0.39, 0.29) is 11.4 Å². The van der Waals surface area contributed by atoms with Crippen LogP contribution in [0, 0.1) is 6.92 Å². The van der Waals surface area contributed by atoms with Gasteiger partial charge in [-0.25, -0.2) is 8.42 Å². The highest BCUT2D eigenvalue weighted by Gasteiger charge is 2.39. The molecule has 4 rings (SSSR count). The quantitative estimate of drug-likeness (QED) is 0.623. The Morgan fingerprint density at radius 3 is 2.52 bits per heavy atom. The lowest BCUT2D eigenvalue weighted by Crippen LogP contribution is -2.39. The van der Waals surface area contributed by atoms with Gasteiger partial charge in [0.25, 0.3) is 10.0 Å². The Kier molecular flexibility index (Phi) is 5.25. The maximum Gasteiger partial charge on any atom is 0.270 e. The second kappa shape index (κ2) is 7.85. The zero-order valence-electron chi connectivity index (χ0n) is 15.8. The Bertz CT molecular complexity index is 1170. The summed E-state index contributed by atoms with van der Waals surface area (Å²) in [7, 11) is -3.99. The number of nitrogens with zero attached hydrogens (tertiary/aromatic N) is 1. The third kappa shape index (κ3) is 3.83. The Morgan fingerprint density at radius 1 is 1.03 bits per heavy atom. The van der Waals surface area contributed by atoms with Gasteiger partial charge in [-0.1, -0.05) is 48.0 Å². The molecule has 0 radical (unpaired) electrons. The first-order valence-electron chi connectivity index (χ1n) is 9.15. The maximum absolute atomic E-state index is 13.3. The third-order valence-electron chi connectivity index (χ3n) is 4.75. The van der Waals surface area contributed by atoms with Gasteiger partial charge in [-0.15, -0.1) is 11.3 Å². The number of nitrogens with one attached hydrogen (secondary N) is 1. The van der Waals surface area contributed by atoms with Crippen LogP contribution in [0.5, 0.6) is 0 Å².